The second-order valence-corrected chi connectivity index (χ2v) is 28.1. The fourth-order valence-corrected chi connectivity index (χ4v) is 12.3. The number of ether oxygens (including phenoxy) is 11. The molecule has 4 rings (SSSR count). The summed E-state index contributed by atoms with van der Waals surface area (Å²) in [6.07, 6.45) is -11.6. The van der Waals surface area contributed by atoms with E-state index in [0.717, 1.165) is 32.1 Å². The van der Waals surface area contributed by atoms with Crippen LogP contribution >= 0.6 is 0 Å². The summed E-state index contributed by atoms with van der Waals surface area (Å²) in [6, 6.07) is -6.18. The van der Waals surface area contributed by atoms with Crippen molar-refractivity contribution in [1.82, 2.24) is 47.9 Å². The van der Waals surface area contributed by atoms with Crippen LogP contribution in [0.1, 0.15) is 144 Å². The first-order chi connectivity index (χ1) is 51.4. The van der Waals surface area contributed by atoms with E-state index in [-0.39, 0.29) is 143 Å². The number of nitrogens with one attached hydrogen (secondary N) is 9. The molecule has 4 heterocycles. The maximum absolute atomic E-state index is 13.9. The Morgan fingerprint density at radius 3 is 1.28 bits per heavy atom. The molecule has 108 heavy (non-hydrogen) atoms. The van der Waals surface area contributed by atoms with Crippen molar-refractivity contribution >= 4 is 53.2 Å². The molecular formula is C69H123N9O30. The lowest BCUT2D eigenvalue weighted by Gasteiger charge is -2.42. The standard InChI is InChI=1S/C69H123N9O30/c1-40(82)74-56-59(91)47(86)33-43(85)39-104-66(56)101-30-27-99-25-22-71-64(96)45(17-19-53(88)70-21-24-98-28-31-102-67-57(75-41(2)83)62(94)60(92)50(37-80)106-67)78-55(90)20-18-46(65(97)72-23-26-100-29-32-103-68-58(76-42(3)84)63(95)61(93)51(38-81)107-68)77-54(89)16-14-12-10-8-7-9-11-13-15-52(87)73-35-44-34-48(49(36-79)105-44)108-69(4,5)6/h43-51,56-63,66-68,79-81,85-86,91-95H,7-39H2,1-6H3,(H,70,88)(H,71,96)(H,72,97)(H,73,87)(H,74,82)(H,75,83)(H,76,84)(H,77,89)(H,78,90)/t43?,44-,45?,46?,47?,48-,49+,50?,51?,56?,57?,58?,59?,60?,61?,62?,63?,66?,67?,68?/m0/s1. The molecule has 4 fully saturated rings. The van der Waals surface area contributed by atoms with Crippen LogP contribution in [0.2, 0.25) is 0 Å². The highest BCUT2D eigenvalue weighted by Crippen LogP contribution is 2.28. The smallest absolute Gasteiger partial charge is 0.242 e. The molecule has 0 radical (unpaired) electrons. The molecule has 624 valence electrons. The zero-order valence-electron chi connectivity index (χ0n) is 63.0. The van der Waals surface area contributed by atoms with Gasteiger partial charge in [0, 0.05) is 85.5 Å². The van der Waals surface area contributed by atoms with Gasteiger partial charge in [-0.25, -0.2) is 0 Å². The van der Waals surface area contributed by atoms with Gasteiger partial charge in [0.05, 0.1) is 116 Å². The average Bonchev–Trinajstić information content (AvgIpc) is 1.08. The van der Waals surface area contributed by atoms with E-state index in [0.29, 0.717) is 38.6 Å². The summed E-state index contributed by atoms with van der Waals surface area (Å²) in [5.74, 6) is -4.88. The number of hydrogen-bond donors (Lipinski definition) is 19. The first kappa shape index (κ1) is 94.8. The molecular weight excluding hydrogens is 1430 g/mol. The summed E-state index contributed by atoms with van der Waals surface area (Å²) in [5.41, 5.74) is -0.404. The Morgan fingerprint density at radius 1 is 0.435 bits per heavy atom. The molecule has 39 nitrogen and oxygen atoms in total. The molecule has 4 aliphatic rings. The third-order valence-electron chi connectivity index (χ3n) is 17.8. The Morgan fingerprint density at radius 2 is 0.833 bits per heavy atom. The maximum atomic E-state index is 13.9. The molecule has 0 aliphatic carbocycles. The Balaban J connectivity index is 1.32. The van der Waals surface area contributed by atoms with Crippen molar-refractivity contribution in [3.05, 3.63) is 0 Å². The van der Waals surface area contributed by atoms with Crippen LogP contribution in [0.5, 0.6) is 0 Å². The fraction of sp³-hybridized carbons (Fsp3) is 0.870. The van der Waals surface area contributed by atoms with Crippen molar-refractivity contribution in [2.45, 2.75) is 272 Å². The second-order valence-electron chi connectivity index (χ2n) is 28.1. The molecule has 39 heteroatoms. The summed E-state index contributed by atoms with van der Waals surface area (Å²) in [7, 11) is 0. The van der Waals surface area contributed by atoms with Crippen LogP contribution in [0.15, 0.2) is 0 Å². The van der Waals surface area contributed by atoms with E-state index < -0.39 is 183 Å². The first-order valence-corrected chi connectivity index (χ1v) is 37.4. The minimum absolute atomic E-state index is 0.0227. The van der Waals surface area contributed by atoms with Gasteiger partial charge < -0.3 is 151 Å². The van der Waals surface area contributed by atoms with Gasteiger partial charge in [0.15, 0.2) is 18.9 Å². The topological polar surface area (TPSA) is 566 Å². The van der Waals surface area contributed by atoms with Crippen LogP contribution in [-0.2, 0) is 95.3 Å². The number of aliphatic hydroxyl groups is 10. The first-order valence-electron chi connectivity index (χ1n) is 37.4. The molecule has 0 aromatic rings. The van der Waals surface area contributed by atoms with Crippen LogP contribution in [0.3, 0.4) is 0 Å². The van der Waals surface area contributed by atoms with Crippen molar-refractivity contribution in [1.29, 1.82) is 0 Å². The maximum Gasteiger partial charge on any atom is 0.242 e. The molecule has 9 amide bonds. The molecule has 4 aliphatic heterocycles. The lowest BCUT2D eigenvalue weighted by atomic mass is 9.97. The number of rotatable bonds is 51. The Labute approximate surface area is 629 Å². The van der Waals surface area contributed by atoms with Crippen LogP contribution in [-0.4, -0.2) is 344 Å². The van der Waals surface area contributed by atoms with E-state index >= 15 is 0 Å². The van der Waals surface area contributed by atoms with E-state index in [4.69, 9.17) is 52.1 Å². The third kappa shape index (κ3) is 36.7. The highest BCUT2D eigenvalue weighted by molar-refractivity contribution is 5.90. The SMILES string of the molecule is CC(=O)NC1C(OCCOCCNC(=O)C(CCC(=O)NCCOCCOC2OC(CO)C(O)C(O)C2NC(C)=O)NC(=O)CCC(NC(=O)CCCCCCCCCCC(=O)NC[C@@H]2C[C@H](OC(C)(C)C)[C@@H](CO)O2)C(=O)NCCOCCOC2OC(CO)C(O)C(O)C2NC(C)=O)OCC(O)CC(O)C1O. The Hall–Kier alpha value is -5.61. The lowest BCUT2D eigenvalue weighted by Crippen LogP contribution is -2.64. The predicted molar refractivity (Wildman–Crippen MR) is 377 cm³/mol. The van der Waals surface area contributed by atoms with Crippen LogP contribution < -0.4 is 47.9 Å². The largest absolute Gasteiger partial charge is 0.394 e. The molecule has 0 aromatic heterocycles. The highest BCUT2D eigenvalue weighted by atomic mass is 16.7. The van der Waals surface area contributed by atoms with Crippen molar-refractivity contribution < 1.29 is 146 Å². The summed E-state index contributed by atoms with van der Waals surface area (Å²) >= 11 is 0. The zero-order chi connectivity index (χ0) is 79.7. The van der Waals surface area contributed by atoms with Crippen LogP contribution in [0.4, 0.5) is 0 Å². The fourth-order valence-electron chi connectivity index (χ4n) is 12.3. The Bertz CT molecular complexity index is 2660. The monoisotopic (exact) mass is 1560 g/mol. The molecule has 19 N–H and O–H groups in total. The third-order valence-corrected chi connectivity index (χ3v) is 17.8. The van der Waals surface area contributed by atoms with Gasteiger partial charge in [-0.1, -0.05) is 38.5 Å². The van der Waals surface area contributed by atoms with E-state index in [1.165, 1.54) is 20.8 Å². The summed E-state index contributed by atoms with van der Waals surface area (Å²) in [6.45, 7) is 6.77. The predicted octanol–water partition coefficient (Wildman–Crippen LogP) is -6.46. The van der Waals surface area contributed by atoms with Crippen molar-refractivity contribution in [2.24, 2.45) is 0 Å². The van der Waals surface area contributed by atoms with Gasteiger partial charge in [-0.2, -0.15) is 0 Å². The second kappa shape index (κ2) is 51.8. The number of carbonyl (C=O) groups excluding carboxylic acids is 9. The summed E-state index contributed by atoms with van der Waals surface area (Å²) in [4.78, 5) is 116. The Kier molecular flexibility index (Phi) is 45.5. The molecule has 17 unspecified atom stereocenters. The number of hydrogen-bond acceptors (Lipinski definition) is 30. The van der Waals surface area contributed by atoms with Gasteiger partial charge in [-0.05, 0) is 46.5 Å². The molecule has 0 bridgehead atoms. The minimum Gasteiger partial charge on any atom is -0.394 e. The van der Waals surface area contributed by atoms with E-state index in [2.05, 4.69) is 47.9 Å². The van der Waals surface area contributed by atoms with Gasteiger partial charge in [0.2, 0.25) is 53.2 Å². The molecule has 4 saturated heterocycles. The molecule has 0 aromatic carbocycles. The van der Waals surface area contributed by atoms with Gasteiger partial charge in [0.25, 0.3) is 0 Å². The number of amides is 9. The highest BCUT2D eigenvalue weighted by Gasteiger charge is 2.47. The lowest BCUT2D eigenvalue weighted by molar-refractivity contribution is -0.272. The van der Waals surface area contributed by atoms with Crippen molar-refractivity contribution in [2.75, 3.05) is 112 Å². The van der Waals surface area contributed by atoms with Crippen molar-refractivity contribution in [3.8, 4) is 0 Å². The van der Waals surface area contributed by atoms with Gasteiger partial charge >= 0.3 is 0 Å². The van der Waals surface area contributed by atoms with Crippen LogP contribution in [0.25, 0.3) is 0 Å². The zero-order valence-corrected chi connectivity index (χ0v) is 63.0. The van der Waals surface area contributed by atoms with Crippen LogP contribution in [0, 0.1) is 0 Å². The quantitative estimate of drug-likeness (QED) is 0.0252. The molecule has 0 spiro atoms. The van der Waals surface area contributed by atoms with E-state index in [9.17, 15) is 94.2 Å². The normalized spacial score (nSPS) is 27.9. The van der Waals surface area contributed by atoms with E-state index in [1.54, 1.807) is 0 Å². The number of carbonyl (C=O) groups is 9. The summed E-state index contributed by atoms with van der Waals surface area (Å²) < 4.78 is 62.5. The van der Waals surface area contributed by atoms with Crippen molar-refractivity contribution in [3.63, 3.8) is 0 Å². The van der Waals surface area contributed by atoms with E-state index in [1.807, 2.05) is 20.8 Å². The molecule has 0 saturated carbocycles. The average molecular weight is 1560 g/mol. The number of aliphatic hydroxyl groups excluding tert-OH is 10. The van der Waals surface area contributed by atoms with Gasteiger partial charge in [-0.15, -0.1) is 0 Å². The van der Waals surface area contributed by atoms with Gasteiger partial charge in [-0.3, -0.25) is 43.2 Å². The van der Waals surface area contributed by atoms with Gasteiger partial charge in [0.1, 0.15) is 79.0 Å². The minimum atomic E-state index is -1.56. The summed E-state index contributed by atoms with van der Waals surface area (Å²) in [5, 5.41) is 126. The number of unbranched alkanes of at least 4 members (excludes halogenated alkanes) is 7. The molecule has 20 atom stereocenters.